The number of nitrogens with zero attached hydrogens (tertiary/aromatic N) is 3. The Morgan fingerprint density at radius 2 is 1.94 bits per heavy atom. The maximum absolute atomic E-state index is 12.7. The minimum absolute atomic E-state index is 0.0243. The predicted octanol–water partition coefficient (Wildman–Crippen LogP) is 4.14. The van der Waals surface area contributed by atoms with E-state index in [0.717, 1.165) is 25.0 Å². The predicted molar refractivity (Wildman–Crippen MR) is 117 cm³/mol. The summed E-state index contributed by atoms with van der Waals surface area (Å²) in [6.45, 7) is 3.95. The number of nitrogens with one attached hydrogen (secondary N) is 2. The Bertz CT molecular complexity index is 1110. The second-order valence-corrected chi connectivity index (χ2v) is 7.82. The topological polar surface area (TPSA) is 109 Å². The van der Waals surface area contributed by atoms with Crippen LogP contribution in [0, 0.1) is 0 Å². The van der Waals surface area contributed by atoms with Crippen LogP contribution in [-0.4, -0.2) is 37.9 Å². The van der Waals surface area contributed by atoms with Gasteiger partial charge in [-0.2, -0.15) is 9.78 Å². The molecule has 8 nitrogen and oxygen atoms in total. The molecule has 4 rings (SSSR count). The Labute approximate surface area is 180 Å². The zero-order chi connectivity index (χ0) is 22.0. The molecule has 1 aromatic carbocycles. The van der Waals surface area contributed by atoms with Gasteiger partial charge >= 0.3 is 6.03 Å². The van der Waals surface area contributed by atoms with Crippen molar-refractivity contribution in [1.29, 1.82) is 0 Å². The number of amides is 2. The number of carbonyl (C=O) groups is 2. The lowest BCUT2D eigenvalue weighted by molar-refractivity contribution is 0.102. The number of aromatic nitrogens is 3. The number of phenolic OH excluding ortho intramolecular Hbond substituents is 1. The number of carbonyl (C=O) groups excluding carboxylic acids is 2. The molecule has 8 heteroatoms. The molecule has 0 spiro atoms. The van der Waals surface area contributed by atoms with Gasteiger partial charge in [0.05, 0.1) is 11.4 Å². The molecule has 1 atom stereocenters. The number of pyridine rings is 1. The number of benzene rings is 1. The van der Waals surface area contributed by atoms with E-state index in [1.165, 1.54) is 10.7 Å². The molecule has 1 aliphatic rings. The molecule has 1 saturated carbocycles. The van der Waals surface area contributed by atoms with E-state index in [-0.39, 0.29) is 23.7 Å². The molecule has 0 bridgehead atoms. The summed E-state index contributed by atoms with van der Waals surface area (Å²) in [4.78, 5) is 29.1. The van der Waals surface area contributed by atoms with Crippen LogP contribution in [0.3, 0.4) is 0 Å². The molecule has 3 aromatic rings. The summed E-state index contributed by atoms with van der Waals surface area (Å²) in [5.74, 6) is 0.0352. The van der Waals surface area contributed by atoms with E-state index >= 15 is 0 Å². The average molecular weight is 419 g/mol. The first-order valence-corrected chi connectivity index (χ1v) is 10.4. The second-order valence-electron chi connectivity index (χ2n) is 7.82. The van der Waals surface area contributed by atoms with Gasteiger partial charge in [0, 0.05) is 41.2 Å². The molecule has 160 valence electrons. The van der Waals surface area contributed by atoms with Crippen molar-refractivity contribution in [3.63, 3.8) is 0 Å². The lowest BCUT2D eigenvalue weighted by Gasteiger charge is -2.12. The highest BCUT2D eigenvalue weighted by Gasteiger charge is 2.31. The zero-order valence-corrected chi connectivity index (χ0v) is 17.5. The van der Waals surface area contributed by atoms with Gasteiger partial charge in [-0.3, -0.25) is 9.78 Å². The van der Waals surface area contributed by atoms with Crippen LogP contribution in [0.4, 0.5) is 10.5 Å². The molecule has 2 aromatic heterocycles. The van der Waals surface area contributed by atoms with E-state index in [1.807, 2.05) is 19.9 Å². The molecule has 3 N–H and O–H groups in total. The SMILES string of the molecule is CCC(C)NC(=O)n1nc(-c2cc(NC(=O)c3ccncc3)ccc2O)cc1C1CC1. The summed E-state index contributed by atoms with van der Waals surface area (Å²) in [7, 11) is 0. The van der Waals surface area contributed by atoms with Gasteiger partial charge in [0.2, 0.25) is 0 Å². The number of aromatic hydroxyl groups is 1. The standard InChI is InChI=1S/C23H25N5O3/c1-3-14(2)25-23(31)28-20(15-4-5-15)13-19(27-28)18-12-17(6-7-21(18)29)26-22(30)16-8-10-24-11-9-16/h6-15,29H,3-5H2,1-2H3,(H,25,31)(H,26,30). The average Bonchev–Trinajstić information content (AvgIpc) is 3.53. The highest BCUT2D eigenvalue weighted by atomic mass is 16.3. The Kier molecular flexibility index (Phi) is 5.70. The molecule has 0 radical (unpaired) electrons. The normalized spacial score (nSPS) is 14.1. The first kappa shape index (κ1) is 20.6. The number of hydrogen-bond acceptors (Lipinski definition) is 5. The van der Waals surface area contributed by atoms with Crippen molar-refractivity contribution in [1.82, 2.24) is 20.1 Å². The van der Waals surface area contributed by atoms with Gasteiger partial charge in [-0.05, 0) is 62.6 Å². The summed E-state index contributed by atoms with van der Waals surface area (Å²) >= 11 is 0. The molecule has 31 heavy (non-hydrogen) atoms. The van der Waals surface area contributed by atoms with Crippen molar-refractivity contribution in [2.75, 3.05) is 5.32 Å². The van der Waals surface area contributed by atoms with Crippen LogP contribution in [0.15, 0.2) is 48.8 Å². The number of phenols is 1. The van der Waals surface area contributed by atoms with Crippen LogP contribution in [-0.2, 0) is 0 Å². The molecule has 1 unspecified atom stereocenters. The molecule has 0 aliphatic heterocycles. The number of hydrogen-bond donors (Lipinski definition) is 3. The van der Waals surface area contributed by atoms with Gasteiger partial charge in [0.25, 0.3) is 5.91 Å². The lowest BCUT2D eigenvalue weighted by atomic mass is 10.1. The summed E-state index contributed by atoms with van der Waals surface area (Å²) < 4.78 is 1.40. The Hall–Kier alpha value is -3.68. The number of anilines is 1. The number of rotatable bonds is 6. The summed E-state index contributed by atoms with van der Waals surface area (Å²) in [5, 5.41) is 20.7. The van der Waals surface area contributed by atoms with Gasteiger partial charge in [0.1, 0.15) is 5.75 Å². The van der Waals surface area contributed by atoms with Crippen molar-refractivity contribution in [2.45, 2.75) is 45.1 Å². The van der Waals surface area contributed by atoms with Crippen molar-refractivity contribution < 1.29 is 14.7 Å². The van der Waals surface area contributed by atoms with Crippen LogP contribution in [0.2, 0.25) is 0 Å². The molecular formula is C23H25N5O3. The van der Waals surface area contributed by atoms with Crippen LogP contribution in [0.1, 0.15) is 55.1 Å². The summed E-state index contributed by atoms with van der Waals surface area (Å²) in [6, 6.07) is 9.63. The van der Waals surface area contributed by atoms with E-state index in [1.54, 1.807) is 36.7 Å². The fraction of sp³-hybridized carbons (Fsp3) is 0.304. The first-order chi connectivity index (χ1) is 15.0. The van der Waals surface area contributed by atoms with E-state index in [4.69, 9.17) is 0 Å². The minimum atomic E-state index is -0.281. The van der Waals surface area contributed by atoms with Crippen LogP contribution in [0.5, 0.6) is 5.75 Å². The summed E-state index contributed by atoms with van der Waals surface area (Å²) in [5.41, 5.74) is 2.76. The van der Waals surface area contributed by atoms with Crippen molar-refractivity contribution in [3.05, 3.63) is 60.0 Å². The van der Waals surface area contributed by atoms with Crippen LogP contribution >= 0.6 is 0 Å². The first-order valence-electron chi connectivity index (χ1n) is 10.4. The maximum atomic E-state index is 12.7. The third kappa shape index (κ3) is 4.58. The van der Waals surface area contributed by atoms with E-state index in [2.05, 4.69) is 20.7 Å². The summed E-state index contributed by atoms with van der Waals surface area (Å²) in [6.07, 6.45) is 5.94. The van der Waals surface area contributed by atoms with Crippen molar-refractivity contribution in [2.24, 2.45) is 0 Å². The molecule has 2 heterocycles. The molecule has 0 saturated heterocycles. The van der Waals surface area contributed by atoms with Crippen LogP contribution < -0.4 is 10.6 Å². The van der Waals surface area contributed by atoms with Gasteiger partial charge in [-0.1, -0.05) is 6.92 Å². The van der Waals surface area contributed by atoms with Crippen molar-refractivity contribution >= 4 is 17.6 Å². The van der Waals surface area contributed by atoms with E-state index in [0.29, 0.717) is 28.4 Å². The third-order valence-corrected chi connectivity index (χ3v) is 5.38. The monoisotopic (exact) mass is 419 g/mol. The highest BCUT2D eigenvalue weighted by Crippen LogP contribution is 2.42. The lowest BCUT2D eigenvalue weighted by Crippen LogP contribution is -2.36. The third-order valence-electron chi connectivity index (χ3n) is 5.38. The Morgan fingerprint density at radius 3 is 2.61 bits per heavy atom. The van der Waals surface area contributed by atoms with Gasteiger partial charge in [-0.25, -0.2) is 4.79 Å². The van der Waals surface area contributed by atoms with Gasteiger partial charge in [0.15, 0.2) is 0 Å². The highest BCUT2D eigenvalue weighted by molar-refractivity contribution is 6.04. The largest absolute Gasteiger partial charge is 0.507 e. The zero-order valence-electron chi connectivity index (χ0n) is 17.5. The molecule has 1 fully saturated rings. The Morgan fingerprint density at radius 1 is 1.19 bits per heavy atom. The van der Waals surface area contributed by atoms with E-state index in [9.17, 15) is 14.7 Å². The van der Waals surface area contributed by atoms with E-state index < -0.39 is 0 Å². The fourth-order valence-electron chi connectivity index (χ4n) is 3.26. The van der Waals surface area contributed by atoms with Crippen molar-refractivity contribution in [3.8, 4) is 17.0 Å². The maximum Gasteiger partial charge on any atom is 0.342 e. The van der Waals surface area contributed by atoms with Crippen LogP contribution in [0.25, 0.3) is 11.3 Å². The second kappa shape index (κ2) is 8.59. The van der Waals surface area contributed by atoms with Gasteiger partial charge < -0.3 is 15.7 Å². The molecule has 2 amide bonds. The smallest absolute Gasteiger partial charge is 0.342 e. The Balaban J connectivity index is 1.63. The quantitative estimate of drug-likeness (QED) is 0.520. The molecular weight excluding hydrogens is 394 g/mol. The minimum Gasteiger partial charge on any atom is -0.507 e. The molecule has 1 aliphatic carbocycles. The van der Waals surface area contributed by atoms with Gasteiger partial charge in [-0.15, -0.1) is 0 Å². The fourth-order valence-corrected chi connectivity index (χ4v) is 3.26.